The minimum atomic E-state index is -0.257. The van der Waals surface area contributed by atoms with E-state index >= 15 is 0 Å². The van der Waals surface area contributed by atoms with Crippen LogP contribution in [0.3, 0.4) is 0 Å². The molecule has 0 bridgehead atoms. The topological polar surface area (TPSA) is 95.9 Å². The van der Waals surface area contributed by atoms with Crippen LogP contribution in [0.2, 0.25) is 0 Å². The van der Waals surface area contributed by atoms with Gasteiger partial charge >= 0.3 is 0 Å². The van der Waals surface area contributed by atoms with Gasteiger partial charge in [0, 0.05) is 11.8 Å². The summed E-state index contributed by atoms with van der Waals surface area (Å²) in [6.07, 6.45) is 1.16. The monoisotopic (exact) mass is 305 g/mol. The highest BCUT2D eigenvalue weighted by Crippen LogP contribution is 2.25. The molecule has 1 unspecified atom stereocenters. The lowest BCUT2D eigenvalue weighted by atomic mass is 10.1. The molecule has 2 rings (SSSR count). The lowest BCUT2D eigenvalue weighted by molar-refractivity contribution is -0.122. The minimum absolute atomic E-state index is 0.0857. The third kappa shape index (κ3) is 5.41. The number of nitrogens with one attached hydrogen (secondary N) is 1. The van der Waals surface area contributed by atoms with E-state index in [4.69, 9.17) is 19.7 Å². The first kappa shape index (κ1) is 17.5. The molecule has 0 radical (unpaired) electrons. The fraction of sp³-hybridized carbons (Fsp3) is 0.250. The zero-order valence-electron chi connectivity index (χ0n) is 12.0. The van der Waals surface area contributed by atoms with Gasteiger partial charge in [0.25, 0.3) is 6.47 Å². The number of carbonyl (C=O) groups excluding carboxylic acids is 1. The van der Waals surface area contributed by atoms with Crippen molar-refractivity contribution in [1.82, 2.24) is 5.32 Å². The van der Waals surface area contributed by atoms with Crippen LogP contribution in [0.1, 0.15) is 6.42 Å². The highest BCUT2D eigenvalue weighted by atomic mass is 16.5. The zero-order chi connectivity index (χ0) is 16.2. The van der Waals surface area contributed by atoms with E-state index in [1.54, 1.807) is 0 Å². The maximum Gasteiger partial charge on any atom is 0.290 e. The molecule has 0 heterocycles. The van der Waals surface area contributed by atoms with E-state index in [0.29, 0.717) is 19.4 Å². The summed E-state index contributed by atoms with van der Waals surface area (Å²) in [4.78, 5) is 18.7. The molecular formula is C16H19NO5. The van der Waals surface area contributed by atoms with Crippen LogP contribution in [0.25, 0.3) is 10.8 Å². The second-order valence-electron chi connectivity index (χ2n) is 4.38. The molecule has 0 aliphatic rings. The molecule has 0 saturated heterocycles. The van der Waals surface area contributed by atoms with Gasteiger partial charge in [-0.05, 0) is 11.5 Å². The fourth-order valence-electron chi connectivity index (χ4n) is 1.96. The summed E-state index contributed by atoms with van der Waals surface area (Å²) in [5.74, 6) is 0.820. The predicted octanol–water partition coefficient (Wildman–Crippen LogP) is 1.42. The first-order valence-electron chi connectivity index (χ1n) is 6.75. The normalized spacial score (nSPS) is 11.0. The number of amides is 1. The Balaban J connectivity index is 0.000000745. The molecule has 0 aliphatic heterocycles. The number of aliphatic hydroxyl groups is 1. The fourth-order valence-corrected chi connectivity index (χ4v) is 1.96. The van der Waals surface area contributed by atoms with Crippen LogP contribution in [0.4, 0.5) is 0 Å². The molecule has 2 aromatic carbocycles. The van der Waals surface area contributed by atoms with Crippen molar-refractivity contribution in [1.29, 1.82) is 0 Å². The maximum atomic E-state index is 10.3. The average molecular weight is 305 g/mol. The average Bonchev–Trinajstić information content (AvgIpc) is 2.55. The van der Waals surface area contributed by atoms with Crippen molar-refractivity contribution < 1.29 is 24.5 Å². The molecule has 3 N–H and O–H groups in total. The van der Waals surface area contributed by atoms with Crippen LogP contribution < -0.4 is 10.1 Å². The van der Waals surface area contributed by atoms with Crippen molar-refractivity contribution >= 4 is 23.7 Å². The van der Waals surface area contributed by atoms with Gasteiger partial charge in [0.15, 0.2) is 0 Å². The van der Waals surface area contributed by atoms with Crippen molar-refractivity contribution in [3.63, 3.8) is 0 Å². The van der Waals surface area contributed by atoms with Crippen LogP contribution in [0.15, 0.2) is 42.5 Å². The molecule has 0 fully saturated rings. The number of ether oxygens (including phenoxy) is 1. The van der Waals surface area contributed by atoms with E-state index in [1.165, 1.54) is 0 Å². The first-order chi connectivity index (χ1) is 10.8. The van der Waals surface area contributed by atoms with E-state index < -0.39 is 0 Å². The number of aliphatic hydroxyl groups excluding tert-OH is 1. The van der Waals surface area contributed by atoms with Crippen molar-refractivity contribution in [3.05, 3.63) is 42.5 Å². The quantitative estimate of drug-likeness (QED) is 0.672. The Bertz CT molecular complexity index is 582. The Labute approximate surface area is 128 Å². The van der Waals surface area contributed by atoms with Crippen LogP contribution >= 0.6 is 0 Å². The Morgan fingerprint density at radius 2 is 1.82 bits per heavy atom. The van der Waals surface area contributed by atoms with Crippen LogP contribution in [-0.2, 0) is 9.59 Å². The van der Waals surface area contributed by atoms with Gasteiger partial charge in [0.2, 0.25) is 6.41 Å². The summed E-state index contributed by atoms with van der Waals surface area (Å²) in [5, 5.41) is 20.7. The van der Waals surface area contributed by atoms with Crippen LogP contribution in [0.5, 0.6) is 5.75 Å². The molecule has 0 aliphatic carbocycles. The molecule has 1 amide bonds. The molecule has 0 saturated carbocycles. The van der Waals surface area contributed by atoms with E-state index in [9.17, 15) is 4.79 Å². The standard InChI is InChI=1S/C15H17NO3.CH2O2/c17-10-13(16-11-18)8-9-19-15-7-3-5-12-4-1-2-6-14(12)15;2-1-3/h1-7,11,13,17H,8-10H2,(H,16,18);1H,(H,2,3). The molecule has 2 aromatic rings. The maximum absolute atomic E-state index is 10.3. The van der Waals surface area contributed by atoms with E-state index in [2.05, 4.69) is 5.32 Å². The van der Waals surface area contributed by atoms with Crippen molar-refractivity contribution in [3.8, 4) is 5.75 Å². The Hall–Kier alpha value is -2.60. The number of benzene rings is 2. The third-order valence-corrected chi connectivity index (χ3v) is 3.00. The Morgan fingerprint density at radius 1 is 1.14 bits per heavy atom. The Morgan fingerprint density at radius 3 is 2.50 bits per heavy atom. The second-order valence-corrected chi connectivity index (χ2v) is 4.38. The largest absolute Gasteiger partial charge is 0.493 e. The summed E-state index contributed by atoms with van der Waals surface area (Å²) in [7, 11) is 0. The Kier molecular flexibility index (Phi) is 8.07. The minimum Gasteiger partial charge on any atom is -0.493 e. The molecule has 22 heavy (non-hydrogen) atoms. The molecule has 0 aromatic heterocycles. The van der Waals surface area contributed by atoms with Gasteiger partial charge in [0.05, 0.1) is 19.3 Å². The van der Waals surface area contributed by atoms with Crippen LogP contribution in [0, 0.1) is 0 Å². The lowest BCUT2D eigenvalue weighted by Crippen LogP contribution is -2.32. The molecular weight excluding hydrogens is 286 g/mol. The molecule has 118 valence electrons. The first-order valence-corrected chi connectivity index (χ1v) is 6.75. The van der Waals surface area contributed by atoms with Crippen molar-refractivity contribution in [2.75, 3.05) is 13.2 Å². The summed E-state index contributed by atoms with van der Waals surface area (Å²) in [5.41, 5.74) is 0. The smallest absolute Gasteiger partial charge is 0.290 e. The highest BCUT2D eigenvalue weighted by molar-refractivity contribution is 5.88. The van der Waals surface area contributed by atoms with Gasteiger partial charge in [-0.25, -0.2) is 0 Å². The predicted molar refractivity (Wildman–Crippen MR) is 82.8 cm³/mol. The molecule has 1 atom stereocenters. The number of hydrogen-bond acceptors (Lipinski definition) is 4. The van der Waals surface area contributed by atoms with Gasteiger partial charge in [0.1, 0.15) is 5.75 Å². The van der Waals surface area contributed by atoms with Gasteiger partial charge < -0.3 is 20.3 Å². The number of carbonyl (C=O) groups is 2. The summed E-state index contributed by atoms with van der Waals surface area (Å²) >= 11 is 0. The van der Waals surface area contributed by atoms with Crippen molar-refractivity contribution in [2.45, 2.75) is 12.5 Å². The summed E-state index contributed by atoms with van der Waals surface area (Å²) < 4.78 is 5.73. The number of hydrogen-bond donors (Lipinski definition) is 3. The lowest BCUT2D eigenvalue weighted by Gasteiger charge is -2.14. The SMILES string of the molecule is O=CNC(CO)CCOc1cccc2ccccc12.O=CO. The summed E-state index contributed by atoms with van der Waals surface area (Å²) in [6.45, 7) is 0.109. The molecule has 0 spiro atoms. The van der Waals surface area contributed by atoms with Gasteiger partial charge in [-0.15, -0.1) is 0 Å². The van der Waals surface area contributed by atoms with E-state index in [1.807, 2.05) is 42.5 Å². The van der Waals surface area contributed by atoms with Gasteiger partial charge in [-0.2, -0.15) is 0 Å². The van der Waals surface area contributed by atoms with Gasteiger partial charge in [-0.1, -0.05) is 36.4 Å². The highest BCUT2D eigenvalue weighted by Gasteiger charge is 2.06. The molecule has 6 nitrogen and oxygen atoms in total. The van der Waals surface area contributed by atoms with Gasteiger partial charge in [-0.3, -0.25) is 9.59 Å². The van der Waals surface area contributed by atoms with E-state index in [-0.39, 0.29) is 19.1 Å². The third-order valence-electron chi connectivity index (χ3n) is 3.00. The molecule has 6 heteroatoms. The number of fused-ring (bicyclic) bond motifs is 1. The summed E-state index contributed by atoms with van der Waals surface area (Å²) in [6, 6.07) is 13.7. The number of carboxylic acid groups (broad SMARTS) is 1. The number of rotatable bonds is 7. The van der Waals surface area contributed by atoms with Crippen LogP contribution in [-0.4, -0.2) is 42.4 Å². The van der Waals surface area contributed by atoms with E-state index in [0.717, 1.165) is 16.5 Å². The van der Waals surface area contributed by atoms with Crippen molar-refractivity contribution in [2.24, 2.45) is 0 Å². The second kappa shape index (κ2) is 10.2. The zero-order valence-corrected chi connectivity index (χ0v) is 12.0.